The van der Waals surface area contributed by atoms with Gasteiger partial charge in [-0.25, -0.2) is 0 Å². The van der Waals surface area contributed by atoms with Gasteiger partial charge in [0.05, 0.1) is 0 Å². The summed E-state index contributed by atoms with van der Waals surface area (Å²) in [4.78, 5) is 0. The molecule has 0 aliphatic heterocycles. The molecule has 0 radical (unpaired) electrons. The van der Waals surface area contributed by atoms with Crippen molar-refractivity contribution >= 4 is 0 Å². The Morgan fingerprint density at radius 2 is 1.20 bits per heavy atom. The molecule has 0 atom stereocenters. The van der Waals surface area contributed by atoms with E-state index >= 15 is 0 Å². The van der Waals surface area contributed by atoms with Crippen LogP contribution in [-0.2, 0) is 0 Å². The molecule has 3 heteroatoms. The van der Waals surface area contributed by atoms with Crippen molar-refractivity contribution in [2.24, 2.45) is 0 Å². The smallest absolute Gasteiger partial charge is 0.140 e. The Bertz CT molecular complexity index is 4.85. The lowest BCUT2D eigenvalue weighted by atomic mass is 11.6. The summed E-state index contributed by atoms with van der Waals surface area (Å²) in [5.41, 5.74) is 0. The van der Waals surface area contributed by atoms with Gasteiger partial charge in [0.25, 0.3) is 0 Å². The molecule has 0 fully saturated rings. The first-order chi connectivity index (χ1) is 2.41. The third kappa shape index (κ3) is 952. The van der Waals surface area contributed by atoms with Gasteiger partial charge in [0.1, 0.15) is 6.79 Å². The molecule has 0 saturated heterocycles. The Kier molecular flexibility index (Phi) is 73.6. The summed E-state index contributed by atoms with van der Waals surface area (Å²) in [7, 11) is 1.00. The molecule has 0 aromatic carbocycles. The molecule has 5 heavy (non-hydrogen) atoms. The maximum Gasteiger partial charge on any atom is 0.140 e. The Morgan fingerprint density at radius 1 is 1.20 bits per heavy atom. The van der Waals surface area contributed by atoms with Crippen molar-refractivity contribution in [2.45, 2.75) is 0 Å². The first-order valence-corrected chi connectivity index (χ1v) is 1.08. The summed E-state index contributed by atoms with van der Waals surface area (Å²) >= 11 is 0. The fourth-order valence-electron chi connectivity index (χ4n) is 0. The van der Waals surface area contributed by atoms with Crippen molar-refractivity contribution in [3.05, 3.63) is 0 Å². The van der Waals surface area contributed by atoms with Crippen LogP contribution in [0.5, 0.6) is 0 Å². The number of aliphatic hydroxyl groups is 3. The zero-order chi connectivity index (χ0) is 4.71. The lowest BCUT2D eigenvalue weighted by Gasteiger charge is -1.55. The molecular formula is C2H8O3. The molecule has 0 bridgehead atoms. The molecule has 3 nitrogen and oxygen atoms in total. The summed E-state index contributed by atoms with van der Waals surface area (Å²) in [5.74, 6) is 0. The van der Waals surface area contributed by atoms with E-state index in [1.54, 1.807) is 0 Å². The summed E-state index contributed by atoms with van der Waals surface area (Å²) in [5, 5.41) is 21.2. The van der Waals surface area contributed by atoms with Gasteiger partial charge in [0, 0.05) is 7.11 Å². The third-order valence-corrected chi connectivity index (χ3v) is 0. The van der Waals surface area contributed by atoms with Crippen molar-refractivity contribution in [1.29, 1.82) is 0 Å². The lowest BCUT2D eigenvalue weighted by molar-refractivity contribution is 0.0773. The largest absolute Gasteiger partial charge is 0.400 e. The van der Waals surface area contributed by atoms with Crippen LogP contribution < -0.4 is 0 Å². The van der Waals surface area contributed by atoms with Crippen LogP contribution >= 0.6 is 0 Å². The molecule has 0 aliphatic rings. The van der Waals surface area contributed by atoms with E-state index in [2.05, 4.69) is 0 Å². The molecule has 0 aromatic rings. The normalized spacial score (nSPS) is 4.80. The van der Waals surface area contributed by atoms with E-state index in [4.69, 9.17) is 15.3 Å². The van der Waals surface area contributed by atoms with Crippen LogP contribution in [0, 0.1) is 0 Å². The van der Waals surface area contributed by atoms with Crippen LogP contribution in [0.1, 0.15) is 0 Å². The van der Waals surface area contributed by atoms with Crippen LogP contribution in [0.2, 0.25) is 0 Å². The average molecular weight is 80.1 g/mol. The van der Waals surface area contributed by atoms with Gasteiger partial charge in [-0.15, -0.1) is 0 Å². The van der Waals surface area contributed by atoms with Crippen molar-refractivity contribution in [3.63, 3.8) is 0 Å². The van der Waals surface area contributed by atoms with Gasteiger partial charge in [-0.05, 0) is 0 Å². The van der Waals surface area contributed by atoms with Gasteiger partial charge < -0.3 is 15.3 Å². The minimum absolute atomic E-state index is 0.750. The fraction of sp³-hybridized carbons (Fsp3) is 1.00. The second-order valence-electron chi connectivity index (χ2n) is 0.141. The van der Waals surface area contributed by atoms with Gasteiger partial charge in [-0.1, -0.05) is 0 Å². The highest BCUT2D eigenvalue weighted by Gasteiger charge is 1.32. The fourth-order valence-corrected chi connectivity index (χ4v) is 0. The SMILES string of the molecule is CO.OCO. The molecule has 0 aromatic heterocycles. The zero-order valence-electron chi connectivity index (χ0n) is 3.05. The van der Waals surface area contributed by atoms with Gasteiger partial charge in [-0.3, -0.25) is 0 Å². The average Bonchev–Trinajstić information content (AvgIpc) is 1.46. The van der Waals surface area contributed by atoms with Crippen LogP contribution in [0.15, 0.2) is 0 Å². The van der Waals surface area contributed by atoms with Crippen LogP contribution in [0.25, 0.3) is 0 Å². The Balaban J connectivity index is 0. The van der Waals surface area contributed by atoms with Crippen LogP contribution in [-0.4, -0.2) is 29.2 Å². The molecule has 0 saturated carbocycles. The topological polar surface area (TPSA) is 60.7 Å². The maximum atomic E-state index is 7.12. The van der Waals surface area contributed by atoms with E-state index < -0.39 is 6.79 Å². The number of rotatable bonds is 0. The summed E-state index contributed by atoms with van der Waals surface area (Å²) in [6.45, 7) is -0.750. The number of hydrogen-bond acceptors (Lipinski definition) is 3. The first kappa shape index (κ1) is 8.86. The Hall–Kier alpha value is -0.120. The maximum absolute atomic E-state index is 7.12. The highest BCUT2D eigenvalue weighted by molar-refractivity contribution is 3.50. The number of hydrogen-bond donors (Lipinski definition) is 3. The third-order valence-electron chi connectivity index (χ3n) is 0. The highest BCUT2D eigenvalue weighted by Crippen LogP contribution is 1.17. The molecule has 0 aliphatic carbocycles. The summed E-state index contributed by atoms with van der Waals surface area (Å²) in [6.07, 6.45) is 0. The minimum atomic E-state index is -0.750. The highest BCUT2D eigenvalue weighted by atomic mass is 16.5. The Labute approximate surface area is 30.5 Å². The van der Waals surface area contributed by atoms with E-state index in [-0.39, 0.29) is 0 Å². The predicted molar refractivity (Wildman–Crippen MR) is 17.4 cm³/mol. The quantitative estimate of drug-likeness (QED) is 0.311. The second-order valence-corrected chi connectivity index (χ2v) is 0.141. The van der Waals surface area contributed by atoms with Crippen molar-refractivity contribution < 1.29 is 15.3 Å². The standard InChI is InChI=1S/CH4O2.CH4O/c2-1-3;1-2/h2-3H,1H2;2H,1H3. The van der Waals surface area contributed by atoms with Gasteiger partial charge in [-0.2, -0.15) is 0 Å². The summed E-state index contributed by atoms with van der Waals surface area (Å²) < 4.78 is 0. The van der Waals surface area contributed by atoms with Crippen molar-refractivity contribution in [1.82, 2.24) is 0 Å². The Morgan fingerprint density at radius 3 is 1.20 bits per heavy atom. The molecule has 0 rings (SSSR count). The van der Waals surface area contributed by atoms with Gasteiger partial charge in [0.2, 0.25) is 0 Å². The molecular weight excluding hydrogens is 72.0 g/mol. The van der Waals surface area contributed by atoms with E-state index in [0.717, 1.165) is 7.11 Å². The first-order valence-electron chi connectivity index (χ1n) is 1.08. The molecule has 34 valence electrons. The lowest BCUT2D eigenvalue weighted by Crippen LogP contribution is -1.66. The van der Waals surface area contributed by atoms with Crippen molar-refractivity contribution in [3.8, 4) is 0 Å². The predicted octanol–water partition coefficient (Wildman–Crippen LogP) is -1.46. The summed E-state index contributed by atoms with van der Waals surface area (Å²) in [6, 6.07) is 0. The number of aliphatic hydroxyl groups excluding tert-OH is 2. The molecule has 3 N–H and O–H groups in total. The van der Waals surface area contributed by atoms with Crippen molar-refractivity contribution in [2.75, 3.05) is 13.9 Å². The molecule has 0 amide bonds. The van der Waals surface area contributed by atoms with Gasteiger partial charge >= 0.3 is 0 Å². The zero-order valence-corrected chi connectivity index (χ0v) is 3.05. The molecule has 0 unspecified atom stereocenters. The van der Waals surface area contributed by atoms with E-state index in [0.29, 0.717) is 0 Å². The molecule has 0 heterocycles. The van der Waals surface area contributed by atoms with Crippen LogP contribution in [0.4, 0.5) is 0 Å². The monoisotopic (exact) mass is 80.0 g/mol. The van der Waals surface area contributed by atoms with Gasteiger partial charge in [0.15, 0.2) is 0 Å². The van der Waals surface area contributed by atoms with E-state index in [1.165, 1.54) is 0 Å². The van der Waals surface area contributed by atoms with E-state index in [9.17, 15) is 0 Å². The molecule has 0 spiro atoms. The second kappa shape index (κ2) is 41.6. The van der Waals surface area contributed by atoms with E-state index in [1.807, 2.05) is 0 Å². The minimum Gasteiger partial charge on any atom is -0.400 e. The van der Waals surface area contributed by atoms with Crippen LogP contribution in [0.3, 0.4) is 0 Å².